The Kier molecular flexibility index (Phi) is 6.41. The van der Waals surface area contributed by atoms with Crippen LogP contribution in [0.3, 0.4) is 0 Å². The minimum absolute atomic E-state index is 0.0740. The smallest absolute Gasteiger partial charge is 0.341 e. The van der Waals surface area contributed by atoms with E-state index in [1.54, 1.807) is 39.0 Å². The van der Waals surface area contributed by atoms with E-state index < -0.39 is 10.3 Å². The van der Waals surface area contributed by atoms with E-state index in [9.17, 15) is 9.59 Å². The van der Waals surface area contributed by atoms with Crippen LogP contribution in [0.25, 0.3) is 0 Å². The quantitative estimate of drug-likeness (QED) is 0.610. The van der Waals surface area contributed by atoms with Crippen LogP contribution in [0.2, 0.25) is 0 Å². The minimum atomic E-state index is -0.704. The summed E-state index contributed by atoms with van der Waals surface area (Å²) in [6, 6.07) is 4.91. The van der Waals surface area contributed by atoms with Crippen LogP contribution in [0.1, 0.15) is 45.0 Å². The standard InChI is InChI=1S/C16H22BrNO4/c1-6-21-14(19)12-9-11(18-15(20)16(4,5)17)7-8-13(12)22-10(2)3/h7-10H,6H2,1-5H3,(H,18,20). The molecule has 5 nitrogen and oxygen atoms in total. The van der Waals surface area contributed by atoms with Crippen molar-refractivity contribution in [1.29, 1.82) is 0 Å². The van der Waals surface area contributed by atoms with Crippen LogP contribution >= 0.6 is 15.9 Å². The number of esters is 1. The summed E-state index contributed by atoms with van der Waals surface area (Å²) < 4.78 is 9.95. The van der Waals surface area contributed by atoms with Gasteiger partial charge in [0.2, 0.25) is 5.91 Å². The Hall–Kier alpha value is -1.56. The highest BCUT2D eigenvalue weighted by Crippen LogP contribution is 2.26. The molecule has 0 radical (unpaired) electrons. The molecule has 1 rings (SSSR count). The van der Waals surface area contributed by atoms with Crippen LogP contribution in [0, 0.1) is 0 Å². The lowest BCUT2D eigenvalue weighted by molar-refractivity contribution is -0.117. The fourth-order valence-corrected chi connectivity index (χ4v) is 1.71. The van der Waals surface area contributed by atoms with Crippen LogP contribution in [-0.2, 0) is 9.53 Å². The van der Waals surface area contributed by atoms with Crippen molar-refractivity contribution >= 4 is 33.5 Å². The van der Waals surface area contributed by atoms with Crippen LogP contribution in [0.15, 0.2) is 18.2 Å². The van der Waals surface area contributed by atoms with Crippen molar-refractivity contribution in [2.75, 3.05) is 11.9 Å². The van der Waals surface area contributed by atoms with Crippen LogP contribution in [0.4, 0.5) is 5.69 Å². The zero-order valence-corrected chi connectivity index (χ0v) is 15.1. The van der Waals surface area contributed by atoms with Crippen molar-refractivity contribution in [3.8, 4) is 5.75 Å². The Morgan fingerprint density at radius 2 is 1.95 bits per heavy atom. The molecule has 1 aromatic carbocycles. The first kappa shape index (κ1) is 18.5. The Balaban J connectivity index is 3.10. The highest BCUT2D eigenvalue weighted by atomic mass is 79.9. The molecule has 0 fully saturated rings. The van der Waals surface area contributed by atoms with Gasteiger partial charge >= 0.3 is 5.97 Å². The highest BCUT2D eigenvalue weighted by Gasteiger charge is 2.24. The summed E-state index contributed by atoms with van der Waals surface area (Å²) in [6.07, 6.45) is -0.0740. The first-order valence-electron chi connectivity index (χ1n) is 7.13. The normalized spacial score (nSPS) is 11.2. The topological polar surface area (TPSA) is 64.6 Å². The molecule has 1 aromatic rings. The van der Waals surface area contributed by atoms with Crippen molar-refractivity contribution in [3.63, 3.8) is 0 Å². The summed E-state index contributed by atoms with van der Waals surface area (Å²) in [7, 11) is 0. The van der Waals surface area contributed by atoms with Crippen molar-refractivity contribution < 1.29 is 19.1 Å². The molecule has 1 amide bonds. The maximum absolute atomic E-state index is 12.1. The number of anilines is 1. The van der Waals surface area contributed by atoms with E-state index in [0.717, 1.165) is 0 Å². The van der Waals surface area contributed by atoms with Crippen LogP contribution in [-0.4, -0.2) is 28.9 Å². The zero-order chi connectivity index (χ0) is 16.9. The Bertz CT molecular complexity index is 550. The second-order valence-corrected chi connectivity index (χ2v) is 7.51. The summed E-state index contributed by atoms with van der Waals surface area (Å²) in [5.41, 5.74) is 0.803. The van der Waals surface area contributed by atoms with Crippen molar-refractivity contribution in [1.82, 2.24) is 0 Å². The summed E-state index contributed by atoms with van der Waals surface area (Å²) in [5.74, 6) is -0.253. The molecule has 0 aromatic heterocycles. The Morgan fingerprint density at radius 3 is 2.45 bits per heavy atom. The van der Waals surface area contributed by atoms with Gasteiger partial charge in [-0.1, -0.05) is 15.9 Å². The third-order valence-electron chi connectivity index (χ3n) is 2.64. The number of rotatable bonds is 6. The molecule has 1 N–H and O–H groups in total. The fourth-order valence-electron chi connectivity index (χ4n) is 1.61. The van der Waals surface area contributed by atoms with E-state index in [1.165, 1.54) is 0 Å². The SMILES string of the molecule is CCOC(=O)c1cc(NC(=O)C(C)(C)Br)ccc1OC(C)C. The van der Waals surface area contributed by atoms with Crippen molar-refractivity contribution in [3.05, 3.63) is 23.8 Å². The maximum atomic E-state index is 12.1. The van der Waals surface area contributed by atoms with Gasteiger partial charge in [-0.15, -0.1) is 0 Å². The van der Waals surface area contributed by atoms with E-state index in [1.807, 2.05) is 13.8 Å². The molecule has 122 valence electrons. The predicted molar refractivity (Wildman–Crippen MR) is 89.8 cm³/mol. The summed E-state index contributed by atoms with van der Waals surface area (Å²) in [4.78, 5) is 24.1. The fraction of sp³-hybridized carbons (Fsp3) is 0.500. The minimum Gasteiger partial charge on any atom is -0.490 e. The molecule has 0 aliphatic carbocycles. The van der Waals surface area contributed by atoms with Gasteiger partial charge in [0, 0.05) is 5.69 Å². The Morgan fingerprint density at radius 1 is 1.32 bits per heavy atom. The molecule has 0 unspecified atom stereocenters. The van der Waals surface area contributed by atoms with Gasteiger partial charge in [-0.05, 0) is 52.8 Å². The number of alkyl halides is 1. The number of ether oxygens (including phenoxy) is 2. The van der Waals surface area contributed by atoms with Crippen LogP contribution in [0.5, 0.6) is 5.75 Å². The highest BCUT2D eigenvalue weighted by molar-refractivity contribution is 9.10. The first-order chi connectivity index (χ1) is 10.1. The molecule has 0 saturated carbocycles. The number of benzene rings is 1. The van der Waals surface area contributed by atoms with Gasteiger partial charge in [-0.2, -0.15) is 0 Å². The van der Waals surface area contributed by atoms with Crippen LogP contribution < -0.4 is 10.1 Å². The molecule has 0 spiro atoms. The number of hydrogen-bond donors (Lipinski definition) is 1. The number of halogens is 1. The van der Waals surface area contributed by atoms with Gasteiger partial charge in [-0.3, -0.25) is 4.79 Å². The average molecular weight is 372 g/mol. The van der Waals surface area contributed by atoms with Gasteiger partial charge in [0.05, 0.1) is 17.0 Å². The molecule has 0 heterocycles. The zero-order valence-electron chi connectivity index (χ0n) is 13.5. The average Bonchev–Trinajstić information content (AvgIpc) is 2.39. The van der Waals surface area contributed by atoms with Crippen molar-refractivity contribution in [2.24, 2.45) is 0 Å². The molecular formula is C16H22BrNO4. The van der Waals surface area contributed by atoms with E-state index >= 15 is 0 Å². The third-order valence-corrected chi connectivity index (χ3v) is 3.00. The predicted octanol–water partition coefficient (Wildman–Crippen LogP) is 3.76. The number of hydrogen-bond acceptors (Lipinski definition) is 4. The summed E-state index contributed by atoms with van der Waals surface area (Å²) in [6.45, 7) is 9.23. The summed E-state index contributed by atoms with van der Waals surface area (Å²) in [5, 5.41) is 2.75. The molecule has 0 saturated heterocycles. The largest absolute Gasteiger partial charge is 0.490 e. The first-order valence-corrected chi connectivity index (χ1v) is 7.92. The monoisotopic (exact) mass is 371 g/mol. The van der Waals surface area contributed by atoms with E-state index in [4.69, 9.17) is 9.47 Å². The summed E-state index contributed by atoms with van der Waals surface area (Å²) >= 11 is 3.29. The molecule has 0 bridgehead atoms. The van der Waals surface area contributed by atoms with E-state index in [-0.39, 0.29) is 18.6 Å². The second kappa shape index (κ2) is 7.63. The van der Waals surface area contributed by atoms with Gasteiger partial charge in [0.1, 0.15) is 11.3 Å². The van der Waals surface area contributed by atoms with E-state index in [2.05, 4.69) is 21.2 Å². The number of nitrogens with one attached hydrogen (secondary N) is 1. The van der Waals surface area contributed by atoms with Gasteiger partial charge in [-0.25, -0.2) is 4.79 Å². The number of carbonyl (C=O) groups excluding carboxylic acids is 2. The third kappa shape index (κ3) is 5.33. The van der Waals surface area contributed by atoms with Gasteiger partial charge in [0.15, 0.2) is 0 Å². The molecular weight excluding hydrogens is 350 g/mol. The molecule has 0 aliphatic heterocycles. The lowest BCUT2D eigenvalue weighted by Crippen LogP contribution is -2.31. The maximum Gasteiger partial charge on any atom is 0.341 e. The van der Waals surface area contributed by atoms with Gasteiger partial charge < -0.3 is 14.8 Å². The lowest BCUT2D eigenvalue weighted by atomic mass is 10.1. The molecule has 0 atom stereocenters. The molecule has 6 heteroatoms. The van der Waals surface area contributed by atoms with Crippen molar-refractivity contribution in [2.45, 2.75) is 45.0 Å². The molecule has 22 heavy (non-hydrogen) atoms. The Labute approximate surface area is 139 Å². The van der Waals surface area contributed by atoms with E-state index in [0.29, 0.717) is 17.0 Å². The number of amides is 1. The molecule has 0 aliphatic rings. The second-order valence-electron chi connectivity index (χ2n) is 5.52. The van der Waals surface area contributed by atoms with Gasteiger partial charge in [0.25, 0.3) is 0 Å². The lowest BCUT2D eigenvalue weighted by Gasteiger charge is -2.18. The number of carbonyl (C=O) groups is 2.